The van der Waals surface area contributed by atoms with Gasteiger partial charge in [-0.2, -0.15) is 0 Å². The number of furan rings is 1. The molecule has 0 unspecified atom stereocenters. The second-order valence-corrected chi connectivity index (χ2v) is 11.5. The Bertz CT molecular complexity index is 1060. The van der Waals surface area contributed by atoms with Crippen LogP contribution in [0.3, 0.4) is 0 Å². The standard InChI is InChI=1S/C24H31NO4S/c1-24(2,27)19-12-23(29-14-19)30(25,28)15-20(26)13-22-18(11-16-5-3-6-16)10-9-17-7-4-8-21(17)22/h9-10,12,14,16,25,27H,3-8,11,13,15H2,1-2H3/t30-/m1/s1. The number of nitrogens with one attached hydrogen (secondary N) is 1. The van der Waals surface area contributed by atoms with Gasteiger partial charge in [-0.1, -0.05) is 31.4 Å². The number of Topliss-reactive ketones (excluding diaryl/α,β-unsaturated/α-hetero) is 1. The second-order valence-electron chi connectivity index (χ2n) is 9.44. The van der Waals surface area contributed by atoms with Gasteiger partial charge in [0.25, 0.3) is 0 Å². The van der Waals surface area contributed by atoms with Gasteiger partial charge in [-0.15, -0.1) is 0 Å². The van der Waals surface area contributed by atoms with Crippen molar-refractivity contribution in [2.75, 3.05) is 5.75 Å². The Morgan fingerprint density at radius 3 is 2.67 bits per heavy atom. The van der Waals surface area contributed by atoms with E-state index in [-0.39, 0.29) is 23.0 Å². The molecule has 1 fully saturated rings. The van der Waals surface area contributed by atoms with Crippen molar-refractivity contribution < 1.29 is 18.5 Å². The highest BCUT2D eigenvalue weighted by molar-refractivity contribution is 7.93. The van der Waals surface area contributed by atoms with Crippen molar-refractivity contribution in [2.24, 2.45) is 5.92 Å². The number of aryl methyl sites for hydroxylation is 1. The number of carbonyl (C=O) groups excluding carboxylic acids is 1. The number of rotatable bonds is 8. The smallest absolute Gasteiger partial charge is 0.199 e. The molecule has 0 amide bonds. The molecule has 162 valence electrons. The van der Waals surface area contributed by atoms with Crippen molar-refractivity contribution >= 4 is 15.5 Å². The molecule has 1 saturated carbocycles. The number of aliphatic hydroxyl groups is 1. The molecule has 1 aromatic heterocycles. The normalized spacial score (nSPS) is 18.6. The molecule has 30 heavy (non-hydrogen) atoms. The van der Waals surface area contributed by atoms with Gasteiger partial charge in [0, 0.05) is 18.1 Å². The Balaban J connectivity index is 1.53. The Hall–Kier alpha value is -1.92. The predicted octanol–water partition coefficient (Wildman–Crippen LogP) is 4.56. The van der Waals surface area contributed by atoms with Crippen LogP contribution in [-0.2, 0) is 45.8 Å². The van der Waals surface area contributed by atoms with Gasteiger partial charge in [0.2, 0.25) is 0 Å². The van der Waals surface area contributed by atoms with Crippen LogP contribution in [0.25, 0.3) is 0 Å². The summed E-state index contributed by atoms with van der Waals surface area (Å²) in [7, 11) is -3.39. The monoisotopic (exact) mass is 429 g/mol. The molecule has 2 N–H and O–H groups in total. The molecular formula is C24H31NO4S. The highest BCUT2D eigenvalue weighted by Crippen LogP contribution is 2.35. The minimum Gasteiger partial charge on any atom is -0.454 e. The maximum atomic E-state index is 13.0. The van der Waals surface area contributed by atoms with Gasteiger partial charge in [0.15, 0.2) is 10.9 Å². The van der Waals surface area contributed by atoms with Crippen LogP contribution in [0.15, 0.2) is 34.0 Å². The van der Waals surface area contributed by atoms with Crippen LogP contribution in [0.2, 0.25) is 0 Å². The maximum Gasteiger partial charge on any atom is 0.199 e. The maximum absolute atomic E-state index is 13.0. The molecule has 4 rings (SSSR count). The molecule has 2 aliphatic carbocycles. The second kappa shape index (κ2) is 7.97. The quantitative estimate of drug-likeness (QED) is 0.644. The first kappa shape index (κ1) is 21.3. The Labute approximate surface area is 178 Å². The first-order valence-electron chi connectivity index (χ1n) is 10.9. The number of carbonyl (C=O) groups is 1. The average Bonchev–Trinajstić information content (AvgIpc) is 3.28. The van der Waals surface area contributed by atoms with Crippen molar-refractivity contribution in [1.82, 2.24) is 0 Å². The van der Waals surface area contributed by atoms with E-state index >= 15 is 0 Å². The van der Waals surface area contributed by atoms with E-state index in [9.17, 15) is 14.1 Å². The van der Waals surface area contributed by atoms with Gasteiger partial charge < -0.3 is 9.52 Å². The van der Waals surface area contributed by atoms with Gasteiger partial charge in [-0.3, -0.25) is 4.79 Å². The van der Waals surface area contributed by atoms with Crippen molar-refractivity contribution in [2.45, 2.75) is 75.9 Å². The number of hydrogen-bond donors (Lipinski definition) is 2. The van der Waals surface area contributed by atoms with Gasteiger partial charge in [0.05, 0.1) is 17.6 Å². The molecule has 5 nitrogen and oxygen atoms in total. The number of ketones is 1. The summed E-state index contributed by atoms with van der Waals surface area (Å²) in [6, 6.07) is 5.84. The van der Waals surface area contributed by atoms with Crippen molar-refractivity contribution in [1.29, 1.82) is 4.78 Å². The molecule has 0 saturated heterocycles. The first-order chi connectivity index (χ1) is 14.1. The van der Waals surface area contributed by atoms with Crippen molar-refractivity contribution in [3.05, 3.63) is 52.3 Å². The van der Waals surface area contributed by atoms with E-state index < -0.39 is 15.3 Å². The summed E-state index contributed by atoms with van der Waals surface area (Å²) < 4.78 is 26.5. The van der Waals surface area contributed by atoms with Crippen LogP contribution in [-0.4, -0.2) is 20.9 Å². The molecule has 0 bridgehead atoms. The molecule has 0 radical (unpaired) electrons. The predicted molar refractivity (Wildman–Crippen MR) is 116 cm³/mol. The largest absolute Gasteiger partial charge is 0.454 e. The molecule has 0 spiro atoms. The fourth-order valence-electron chi connectivity index (χ4n) is 4.57. The third kappa shape index (κ3) is 4.40. The molecule has 0 aliphatic heterocycles. The molecule has 1 aromatic carbocycles. The summed E-state index contributed by atoms with van der Waals surface area (Å²) in [4.78, 5) is 12.9. The fourth-order valence-corrected chi connectivity index (χ4v) is 5.79. The van der Waals surface area contributed by atoms with Crippen LogP contribution in [0, 0.1) is 10.7 Å². The third-order valence-corrected chi connectivity index (χ3v) is 8.17. The topological polar surface area (TPSA) is 91.4 Å². The van der Waals surface area contributed by atoms with Crippen LogP contribution >= 0.6 is 0 Å². The Morgan fingerprint density at radius 1 is 1.27 bits per heavy atom. The van der Waals surface area contributed by atoms with E-state index in [0.717, 1.165) is 31.2 Å². The van der Waals surface area contributed by atoms with Crippen LogP contribution in [0.4, 0.5) is 0 Å². The minimum atomic E-state index is -3.39. The minimum absolute atomic E-state index is 0.0408. The van der Waals surface area contributed by atoms with E-state index in [2.05, 4.69) is 12.1 Å². The number of hydrogen-bond acceptors (Lipinski definition) is 5. The van der Waals surface area contributed by atoms with E-state index in [1.54, 1.807) is 13.8 Å². The van der Waals surface area contributed by atoms with Gasteiger partial charge in [0.1, 0.15) is 9.73 Å². The van der Waals surface area contributed by atoms with E-state index in [1.165, 1.54) is 48.3 Å². The molecular weight excluding hydrogens is 398 g/mol. The molecule has 6 heteroatoms. The first-order valence-corrected chi connectivity index (χ1v) is 12.6. The Kier molecular flexibility index (Phi) is 5.66. The average molecular weight is 430 g/mol. The third-order valence-electron chi connectivity index (χ3n) is 6.58. The lowest BCUT2D eigenvalue weighted by Crippen LogP contribution is -2.20. The fraction of sp³-hybridized carbons (Fsp3) is 0.542. The number of benzene rings is 1. The zero-order chi connectivity index (χ0) is 21.5. The Morgan fingerprint density at radius 2 is 2.03 bits per heavy atom. The summed E-state index contributed by atoms with van der Waals surface area (Å²) >= 11 is 0. The van der Waals surface area contributed by atoms with Gasteiger partial charge in [-0.25, -0.2) is 8.99 Å². The van der Waals surface area contributed by atoms with Crippen LogP contribution in [0.1, 0.15) is 67.3 Å². The van der Waals surface area contributed by atoms with Crippen LogP contribution < -0.4 is 0 Å². The van der Waals surface area contributed by atoms with E-state index in [4.69, 9.17) is 9.20 Å². The molecule has 1 atom stereocenters. The van der Waals surface area contributed by atoms with Crippen LogP contribution in [0.5, 0.6) is 0 Å². The highest BCUT2D eigenvalue weighted by Gasteiger charge is 2.27. The molecule has 1 heterocycles. The SMILES string of the molecule is CC(C)(O)c1coc([S@](=N)(=O)CC(=O)Cc2c(CC3CCC3)ccc3c2CCC3)c1. The lowest BCUT2D eigenvalue weighted by molar-refractivity contribution is -0.116. The lowest BCUT2D eigenvalue weighted by atomic mass is 9.79. The summed E-state index contributed by atoms with van der Waals surface area (Å²) in [6.07, 6.45) is 9.54. The van der Waals surface area contributed by atoms with Crippen molar-refractivity contribution in [3.8, 4) is 0 Å². The summed E-state index contributed by atoms with van der Waals surface area (Å²) in [5.74, 6) is 0.159. The molecule has 2 aromatic rings. The molecule has 2 aliphatic rings. The summed E-state index contributed by atoms with van der Waals surface area (Å²) in [6.45, 7) is 3.19. The highest BCUT2D eigenvalue weighted by atomic mass is 32.2. The zero-order valence-electron chi connectivity index (χ0n) is 17.8. The van der Waals surface area contributed by atoms with E-state index in [0.29, 0.717) is 11.5 Å². The van der Waals surface area contributed by atoms with E-state index in [1.807, 2.05) is 0 Å². The lowest BCUT2D eigenvalue weighted by Gasteiger charge is -2.27. The number of fused-ring (bicyclic) bond motifs is 1. The zero-order valence-corrected chi connectivity index (χ0v) is 18.6. The van der Waals surface area contributed by atoms with Crippen molar-refractivity contribution in [3.63, 3.8) is 0 Å². The summed E-state index contributed by atoms with van der Waals surface area (Å²) in [5, 5.41) is 10.0. The van der Waals surface area contributed by atoms with Gasteiger partial charge in [-0.05, 0) is 67.7 Å². The summed E-state index contributed by atoms with van der Waals surface area (Å²) in [5.41, 5.74) is 4.32. The van der Waals surface area contributed by atoms with Gasteiger partial charge >= 0.3 is 0 Å².